The highest BCUT2D eigenvalue weighted by atomic mass is 32.1. The minimum Gasteiger partial charge on any atom is -0.348 e. The van der Waals surface area contributed by atoms with Gasteiger partial charge in [0, 0.05) is 4.88 Å². The van der Waals surface area contributed by atoms with Gasteiger partial charge in [-0.05, 0) is 32.9 Å². The Bertz CT molecular complexity index is 680. The number of nitrogens with one attached hydrogen (secondary N) is 2. The van der Waals surface area contributed by atoms with E-state index >= 15 is 0 Å². The van der Waals surface area contributed by atoms with Gasteiger partial charge in [0.05, 0.1) is 27.8 Å². The van der Waals surface area contributed by atoms with Crippen molar-refractivity contribution in [3.8, 4) is 0 Å². The van der Waals surface area contributed by atoms with Crippen LogP contribution in [0.1, 0.15) is 28.5 Å². The van der Waals surface area contributed by atoms with Gasteiger partial charge in [0.25, 0.3) is 0 Å². The summed E-state index contributed by atoms with van der Waals surface area (Å²) in [4.78, 5) is 13.5. The SMILES string of the molecule is Cc1nc(C)c(C(C)Nc2nc3ccccc3[nH]2)s1. The number of anilines is 1. The van der Waals surface area contributed by atoms with Crippen molar-refractivity contribution >= 4 is 28.3 Å². The Hall–Kier alpha value is -1.88. The maximum absolute atomic E-state index is 4.53. The van der Waals surface area contributed by atoms with Gasteiger partial charge >= 0.3 is 0 Å². The zero-order valence-corrected chi connectivity index (χ0v) is 12.0. The lowest BCUT2D eigenvalue weighted by Crippen LogP contribution is -2.07. The minimum atomic E-state index is 0.201. The lowest BCUT2D eigenvalue weighted by Gasteiger charge is -2.11. The Kier molecular flexibility index (Phi) is 2.98. The normalized spacial score (nSPS) is 12.8. The summed E-state index contributed by atoms with van der Waals surface area (Å²) < 4.78 is 0. The number of hydrogen-bond acceptors (Lipinski definition) is 4. The average Bonchev–Trinajstić information content (AvgIpc) is 2.91. The van der Waals surface area contributed by atoms with E-state index in [1.54, 1.807) is 11.3 Å². The summed E-state index contributed by atoms with van der Waals surface area (Å²) in [5.74, 6) is 0.805. The van der Waals surface area contributed by atoms with Crippen molar-refractivity contribution < 1.29 is 0 Å². The molecule has 4 nitrogen and oxygen atoms in total. The number of rotatable bonds is 3. The zero-order chi connectivity index (χ0) is 13.4. The molecule has 1 unspecified atom stereocenters. The molecule has 0 aliphatic rings. The van der Waals surface area contributed by atoms with Gasteiger partial charge in [-0.2, -0.15) is 0 Å². The van der Waals surface area contributed by atoms with Crippen LogP contribution < -0.4 is 5.32 Å². The number of para-hydroxylation sites is 2. The highest BCUT2D eigenvalue weighted by Gasteiger charge is 2.14. The molecule has 0 saturated heterocycles. The first kappa shape index (κ1) is 12.2. The summed E-state index contributed by atoms with van der Waals surface area (Å²) in [6, 6.07) is 8.23. The van der Waals surface area contributed by atoms with Crippen LogP contribution in [0.5, 0.6) is 0 Å². The van der Waals surface area contributed by atoms with Gasteiger partial charge < -0.3 is 10.3 Å². The average molecular weight is 272 g/mol. The van der Waals surface area contributed by atoms with E-state index in [1.165, 1.54) is 4.88 Å². The van der Waals surface area contributed by atoms with Crippen molar-refractivity contribution in [2.75, 3.05) is 5.32 Å². The monoisotopic (exact) mass is 272 g/mol. The van der Waals surface area contributed by atoms with Gasteiger partial charge in [-0.15, -0.1) is 11.3 Å². The molecule has 0 spiro atoms. The highest BCUT2D eigenvalue weighted by molar-refractivity contribution is 7.11. The van der Waals surface area contributed by atoms with Crippen LogP contribution >= 0.6 is 11.3 Å². The summed E-state index contributed by atoms with van der Waals surface area (Å²) in [5, 5.41) is 4.51. The molecule has 2 aromatic heterocycles. The maximum atomic E-state index is 4.53. The minimum absolute atomic E-state index is 0.201. The summed E-state index contributed by atoms with van der Waals surface area (Å²) in [6.45, 7) is 6.22. The fraction of sp³-hybridized carbons (Fsp3) is 0.286. The first-order valence-corrected chi connectivity index (χ1v) is 7.10. The first-order chi connectivity index (χ1) is 9.13. The van der Waals surface area contributed by atoms with Crippen LogP contribution in [0.15, 0.2) is 24.3 Å². The number of hydrogen-bond donors (Lipinski definition) is 2. The number of benzene rings is 1. The van der Waals surface area contributed by atoms with Crippen molar-refractivity contribution in [3.05, 3.63) is 39.8 Å². The van der Waals surface area contributed by atoms with Crippen molar-refractivity contribution in [2.45, 2.75) is 26.8 Å². The first-order valence-electron chi connectivity index (χ1n) is 6.28. The summed E-state index contributed by atoms with van der Waals surface area (Å²) >= 11 is 1.73. The molecule has 19 heavy (non-hydrogen) atoms. The molecule has 3 aromatic rings. The van der Waals surface area contributed by atoms with Crippen molar-refractivity contribution in [1.82, 2.24) is 15.0 Å². The van der Waals surface area contributed by atoms with Crippen LogP contribution in [0.3, 0.4) is 0 Å². The number of aromatic nitrogens is 3. The Labute approximate surface area is 115 Å². The predicted octanol–water partition coefficient (Wildman–Crippen LogP) is 3.81. The van der Waals surface area contributed by atoms with Crippen LogP contribution in [-0.4, -0.2) is 15.0 Å². The molecule has 0 aliphatic carbocycles. The standard InChI is InChI=1S/C14H16N4S/c1-8-13(19-10(3)15-8)9(2)16-14-17-11-6-4-5-7-12(11)18-14/h4-7,9H,1-3H3,(H2,16,17,18). The van der Waals surface area contributed by atoms with Gasteiger partial charge in [0.15, 0.2) is 0 Å². The van der Waals surface area contributed by atoms with E-state index in [-0.39, 0.29) is 6.04 Å². The molecule has 1 atom stereocenters. The van der Waals surface area contributed by atoms with Gasteiger partial charge in [-0.1, -0.05) is 12.1 Å². The molecule has 2 N–H and O–H groups in total. The van der Waals surface area contributed by atoms with Gasteiger partial charge in [0.2, 0.25) is 5.95 Å². The second kappa shape index (κ2) is 4.66. The Morgan fingerprint density at radius 1 is 1.21 bits per heavy atom. The largest absolute Gasteiger partial charge is 0.348 e. The van der Waals surface area contributed by atoms with E-state index in [0.29, 0.717) is 0 Å². The number of aryl methyl sites for hydroxylation is 2. The fourth-order valence-electron chi connectivity index (χ4n) is 2.24. The Morgan fingerprint density at radius 2 is 2.00 bits per heavy atom. The number of imidazole rings is 1. The highest BCUT2D eigenvalue weighted by Crippen LogP contribution is 2.27. The topological polar surface area (TPSA) is 53.6 Å². The third-order valence-electron chi connectivity index (χ3n) is 3.08. The number of fused-ring (bicyclic) bond motifs is 1. The molecule has 3 rings (SSSR count). The number of aromatic amines is 1. The van der Waals surface area contributed by atoms with E-state index in [9.17, 15) is 0 Å². The van der Waals surface area contributed by atoms with Crippen LogP contribution in [0.4, 0.5) is 5.95 Å². The van der Waals surface area contributed by atoms with E-state index in [2.05, 4.69) is 34.1 Å². The molecule has 0 fully saturated rings. The second-order valence-corrected chi connectivity index (χ2v) is 5.89. The van der Waals surface area contributed by atoms with Crippen molar-refractivity contribution in [1.29, 1.82) is 0 Å². The number of thiazole rings is 1. The smallest absolute Gasteiger partial charge is 0.201 e. The van der Waals surface area contributed by atoms with Crippen LogP contribution in [-0.2, 0) is 0 Å². The van der Waals surface area contributed by atoms with Gasteiger partial charge in [0.1, 0.15) is 0 Å². The third kappa shape index (κ3) is 2.33. The van der Waals surface area contributed by atoms with Crippen molar-refractivity contribution in [3.63, 3.8) is 0 Å². The summed E-state index contributed by atoms with van der Waals surface area (Å²) in [7, 11) is 0. The van der Waals surface area contributed by atoms with E-state index < -0.39 is 0 Å². The lowest BCUT2D eigenvalue weighted by molar-refractivity contribution is 0.874. The van der Waals surface area contributed by atoms with Crippen LogP contribution in [0.25, 0.3) is 11.0 Å². The molecule has 1 aromatic carbocycles. The molecule has 2 heterocycles. The number of nitrogens with zero attached hydrogens (tertiary/aromatic N) is 2. The van der Waals surface area contributed by atoms with Crippen LogP contribution in [0.2, 0.25) is 0 Å². The number of H-pyrrole nitrogens is 1. The second-order valence-electron chi connectivity index (χ2n) is 4.65. The van der Waals surface area contributed by atoms with E-state index in [4.69, 9.17) is 0 Å². The fourth-order valence-corrected chi connectivity index (χ4v) is 3.17. The maximum Gasteiger partial charge on any atom is 0.201 e. The molecular weight excluding hydrogens is 256 g/mol. The third-order valence-corrected chi connectivity index (χ3v) is 4.33. The molecule has 98 valence electrons. The van der Waals surface area contributed by atoms with E-state index in [1.807, 2.05) is 31.2 Å². The van der Waals surface area contributed by atoms with Gasteiger partial charge in [-0.3, -0.25) is 0 Å². The summed E-state index contributed by atoms with van der Waals surface area (Å²) in [6.07, 6.45) is 0. The Balaban J connectivity index is 1.86. The lowest BCUT2D eigenvalue weighted by atomic mass is 10.2. The quantitative estimate of drug-likeness (QED) is 0.762. The molecular formula is C14H16N4S. The molecule has 0 saturated carbocycles. The molecule has 0 aliphatic heterocycles. The van der Waals surface area contributed by atoms with Gasteiger partial charge in [-0.25, -0.2) is 9.97 Å². The molecule has 0 bridgehead atoms. The van der Waals surface area contributed by atoms with Crippen LogP contribution in [0, 0.1) is 13.8 Å². The molecule has 0 radical (unpaired) electrons. The molecule has 0 amide bonds. The van der Waals surface area contributed by atoms with Crippen molar-refractivity contribution in [2.24, 2.45) is 0 Å². The Morgan fingerprint density at radius 3 is 2.68 bits per heavy atom. The molecule has 5 heteroatoms. The zero-order valence-electron chi connectivity index (χ0n) is 11.2. The predicted molar refractivity (Wildman–Crippen MR) is 79.7 cm³/mol. The van der Waals surface area contributed by atoms with E-state index in [0.717, 1.165) is 27.7 Å². The summed E-state index contributed by atoms with van der Waals surface area (Å²) in [5.41, 5.74) is 3.13.